The minimum absolute atomic E-state index is 0.0619. The number of ether oxygens (including phenoxy) is 2. The number of fused-ring (bicyclic) bond motifs is 3. The lowest BCUT2D eigenvalue weighted by molar-refractivity contribution is -0.148. The van der Waals surface area contributed by atoms with Crippen molar-refractivity contribution in [1.29, 1.82) is 0 Å². The Bertz CT molecular complexity index is 2180. The Labute approximate surface area is 354 Å². The molecular formula is C39H49F4N9O9S. The second kappa shape index (κ2) is 18.1. The number of alkyl carbamates (subject to hydrolysis) is 1. The van der Waals surface area contributed by atoms with Crippen molar-refractivity contribution < 1.29 is 59.4 Å². The fraction of sp³-hybridized carbons (Fsp3) is 0.615. The molecule has 2 aliphatic carbocycles. The van der Waals surface area contributed by atoms with E-state index in [0.717, 1.165) is 39.3 Å². The van der Waals surface area contributed by atoms with Crippen LogP contribution >= 0.6 is 0 Å². The van der Waals surface area contributed by atoms with Crippen LogP contribution in [0.2, 0.25) is 0 Å². The number of sulfonamides is 1. The topological polar surface area (TPSA) is 223 Å². The second-order valence-corrected chi connectivity index (χ2v) is 18.0. The lowest BCUT2D eigenvalue weighted by Gasteiger charge is -2.30. The number of aromatic nitrogens is 3. The Morgan fingerprint density at radius 1 is 0.968 bits per heavy atom. The number of hydrogen-bond donors (Lipinski definition) is 4. The molecule has 338 valence electrons. The molecule has 1 spiro atoms. The predicted molar refractivity (Wildman–Crippen MR) is 209 cm³/mol. The number of carbonyl (C=O) groups is 5. The molecule has 4 N–H and O–H groups in total. The summed E-state index contributed by atoms with van der Waals surface area (Å²) in [6.07, 6.45) is -0.688. The molecular weight excluding hydrogens is 847 g/mol. The standard InChI is InChI=1S/C39H49F4N9O9S/c1-2-23-20-38(23)35(55)49-62(58,59)30-18-24(40)13-14-27(30)44-15-9-5-3-4-6-12-28(45-36(56)60-25-10-7-8-11-25)33(54)52-21-26(19-29(52)32(53)46-38)61-37(57)50-16-17-51-31(22-50)47-48-34(51)39(41,42)43/h2,13-14,18,23,25-26,28-29,44H,1,3-12,15-17,19-22H2,(H,45,56)(H,46,53)(H,49,55)/t23-,26-,28+,29+,38-/m1/s1. The van der Waals surface area contributed by atoms with Crippen LogP contribution in [0.15, 0.2) is 35.7 Å². The van der Waals surface area contributed by atoms with E-state index in [0.29, 0.717) is 51.5 Å². The van der Waals surface area contributed by atoms with E-state index in [1.54, 1.807) is 0 Å². The van der Waals surface area contributed by atoms with Crippen LogP contribution in [0.3, 0.4) is 0 Å². The van der Waals surface area contributed by atoms with E-state index in [2.05, 4.69) is 32.7 Å². The first kappa shape index (κ1) is 44.6. The number of anilines is 1. The highest BCUT2D eigenvalue weighted by Crippen LogP contribution is 2.45. The highest BCUT2D eigenvalue weighted by Gasteiger charge is 2.61. The minimum Gasteiger partial charge on any atom is -0.446 e. The molecule has 0 unspecified atom stereocenters. The highest BCUT2D eigenvalue weighted by molar-refractivity contribution is 7.90. The Hall–Kier alpha value is -5.48. The van der Waals surface area contributed by atoms with Crippen LogP contribution in [-0.2, 0) is 53.1 Å². The number of amides is 5. The molecule has 1 aromatic carbocycles. The van der Waals surface area contributed by atoms with E-state index in [1.807, 2.05) is 4.72 Å². The maximum Gasteiger partial charge on any atom is 0.451 e. The first-order chi connectivity index (χ1) is 29.5. The summed E-state index contributed by atoms with van der Waals surface area (Å²) in [7, 11) is -4.73. The van der Waals surface area contributed by atoms with E-state index in [1.165, 1.54) is 12.1 Å². The molecule has 5 amide bonds. The molecule has 1 aromatic heterocycles. The van der Waals surface area contributed by atoms with Crippen molar-refractivity contribution in [3.8, 4) is 0 Å². The maximum atomic E-state index is 14.6. The molecule has 4 heterocycles. The zero-order valence-electron chi connectivity index (χ0n) is 33.8. The Balaban J connectivity index is 1.15. The summed E-state index contributed by atoms with van der Waals surface area (Å²) in [4.78, 5) is 71.3. The summed E-state index contributed by atoms with van der Waals surface area (Å²) in [5.74, 6) is -5.71. The van der Waals surface area contributed by atoms with Gasteiger partial charge in [0.15, 0.2) is 5.82 Å². The quantitative estimate of drug-likeness (QED) is 0.255. The normalized spacial score (nSPS) is 27.5. The van der Waals surface area contributed by atoms with Gasteiger partial charge in [0.1, 0.15) is 40.5 Å². The number of nitrogens with zero attached hydrogens (tertiary/aromatic N) is 5. The number of alkyl halides is 3. The third-order valence-electron chi connectivity index (χ3n) is 12.0. The van der Waals surface area contributed by atoms with Crippen LogP contribution in [0.1, 0.15) is 88.7 Å². The third kappa shape index (κ3) is 9.76. The fourth-order valence-electron chi connectivity index (χ4n) is 8.60. The minimum atomic E-state index is -4.77. The molecule has 5 aliphatic rings. The van der Waals surface area contributed by atoms with Gasteiger partial charge >= 0.3 is 18.4 Å². The second-order valence-electron chi connectivity index (χ2n) is 16.3. The van der Waals surface area contributed by atoms with Crippen LogP contribution in [-0.4, -0.2) is 112 Å². The smallest absolute Gasteiger partial charge is 0.446 e. The van der Waals surface area contributed by atoms with Gasteiger partial charge in [0.05, 0.1) is 18.8 Å². The molecule has 5 atom stereocenters. The van der Waals surface area contributed by atoms with Gasteiger partial charge in [-0.2, -0.15) is 13.2 Å². The molecule has 2 saturated carbocycles. The van der Waals surface area contributed by atoms with Crippen LogP contribution in [0.25, 0.3) is 0 Å². The summed E-state index contributed by atoms with van der Waals surface area (Å²) in [5, 5.41) is 15.1. The molecule has 0 radical (unpaired) electrons. The van der Waals surface area contributed by atoms with Gasteiger partial charge in [-0.15, -0.1) is 16.8 Å². The SMILES string of the molecule is C=C[C@@H]1C[C@@]12NC(=O)[C@@H]1C[C@@H](OC(=O)N3CCn4c(nnc4C(F)(F)F)C3)CN1C(=O)[C@@H](NC(=O)OC1CCCC1)CCCCCCCNc1ccc(F)cc1S(=O)(=O)NC2=O. The summed E-state index contributed by atoms with van der Waals surface area (Å²) in [6, 6.07) is 0.503. The van der Waals surface area contributed by atoms with E-state index in [9.17, 15) is 50.0 Å². The number of nitrogens with one attached hydrogen (secondary N) is 4. The zero-order chi connectivity index (χ0) is 44.4. The Kier molecular flexibility index (Phi) is 13.0. The van der Waals surface area contributed by atoms with Gasteiger partial charge in [-0.3, -0.25) is 19.3 Å². The highest BCUT2D eigenvalue weighted by atomic mass is 32.2. The molecule has 62 heavy (non-hydrogen) atoms. The van der Waals surface area contributed by atoms with Crippen molar-refractivity contribution in [1.82, 2.24) is 39.9 Å². The molecule has 23 heteroatoms. The summed E-state index contributed by atoms with van der Waals surface area (Å²) in [5.41, 5.74) is -1.80. The van der Waals surface area contributed by atoms with Gasteiger partial charge in [0, 0.05) is 32.0 Å². The van der Waals surface area contributed by atoms with Crippen LogP contribution < -0.4 is 20.7 Å². The van der Waals surface area contributed by atoms with Crippen LogP contribution in [0.4, 0.5) is 32.8 Å². The monoisotopic (exact) mass is 895 g/mol. The van der Waals surface area contributed by atoms with Crippen molar-refractivity contribution in [3.63, 3.8) is 0 Å². The number of halogens is 4. The Morgan fingerprint density at radius 3 is 2.42 bits per heavy atom. The molecule has 7 rings (SSSR count). The zero-order valence-corrected chi connectivity index (χ0v) is 34.6. The van der Waals surface area contributed by atoms with E-state index in [-0.39, 0.29) is 63.1 Å². The number of benzene rings is 1. The predicted octanol–water partition coefficient (Wildman–Crippen LogP) is 3.73. The average Bonchev–Trinajstić information content (AvgIpc) is 3.61. The van der Waals surface area contributed by atoms with E-state index in [4.69, 9.17) is 9.47 Å². The van der Waals surface area contributed by atoms with Gasteiger partial charge in [-0.05, 0) is 63.1 Å². The maximum absolute atomic E-state index is 14.6. The van der Waals surface area contributed by atoms with Crippen LogP contribution in [0.5, 0.6) is 0 Å². The Morgan fingerprint density at radius 2 is 1.69 bits per heavy atom. The van der Waals surface area contributed by atoms with Crippen molar-refractivity contribution in [2.45, 2.75) is 131 Å². The van der Waals surface area contributed by atoms with E-state index >= 15 is 0 Å². The molecule has 2 aromatic rings. The van der Waals surface area contributed by atoms with Gasteiger partial charge < -0.3 is 34.9 Å². The van der Waals surface area contributed by atoms with E-state index < -0.39 is 92.3 Å². The van der Waals surface area contributed by atoms with Crippen molar-refractivity contribution in [2.75, 3.05) is 25.0 Å². The molecule has 1 saturated heterocycles. The van der Waals surface area contributed by atoms with Gasteiger partial charge in [-0.25, -0.2) is 27.1 Å². The van der Waals surface area contributed by atoms with Crippen molar-refractivity contribution in [2.24, 2.45) is 5.92 Å². The summed E-state index contributed by atoms with van der Waals surface area (Å²) < 4.78 is 96.4. The number of rotatable bonds is 4. The lowest BCUT2D eigenvalue weighted by atomic mass is 10.0. The van der Waals surface area contributed by atoms with Gasteiger partial charge in [0.2, 0.25) is 17.6 Å². The van der Waals surface area contributed by atoms with Crippen molar-refractivity contribution in [3.05, 3.63) is 48.3 Å². The lowest BCUT2D eigenvalue weighted by Crippen LogP contribution is -2.58. The largest absolute Gasteiger partial charge is 0.451 e. The fourth-order valence-corrected chi connectivity index (χ4v) is 9.84. The molecule has 18 nitrogen and oxygen atoms in total. The first-order valence-electron chi connectivity index (χ1n) is 20.8. The first-order valence-corrected chi connectivity index (χ1v) is 22.2. The van der Waals surface area contributed by atoms with Gasteiger partial charge in [-0.1, -0.05) is 31.8 Å². The summed E-state index contributed by atoms with van der Waals surface area (Å²) >= 11 is 0. The molecule has 3 fully saturated rings. The summed E-state index contributed by atoms with van der Waals surface area (Å²) in [6.45, 7) is 2.84. The number of hydrogen-bond acceptors (Lipinski definition) is 12. The average molecular weight is 896 g/mol. The third-order valence-corrected chi connectivity index (χ3v) is 13.4. The van der Waals surface area contributed by atoms with Gasteiger partial charge in [0.25, 0.3) is 15.9 Å². The molecule has 0 bridgehead atoms. The van der Waals surface area contributed by atoms with Crippen molar-refractivity contribution >= 4 is 45.6 Å². The van der Waals surface area contributed by atoms with Crippen LogP contribution in [0, 0.1) is 11.7 Å². The number of carbonyl (C=O) groups excluding carboxylic acids is 5. The molecule has 3 aliphatic heterocycles.